The zero-order valence-corrected chi connectivity index (χ0v) is 16.7. The fraction of sp³-hybridized carbons (Fsp3) is 0.174. The molecule has 0 fully saturated rings. The van der Waals surface area contributed by atoms with Crippen LogP contribution in [0.5, 0.6) is 5.75 Å². The molecule has 7 nitrogen and oxygen atoms in total. The molecular formula is C23H21N3O4. The predicted molar refractivity (Wildman–Crippen MR) is 109 cm³/mol. The molecule has 0 radical (unpaired) electrons. The van der Waals surface area contributed by atoms with E-state index in [1.54, 1.807) is 35.1 Å². The van der Waals surface area contributed by atoms with Gasteiger partial charge in [0.1, 0.15) is 24.7 Å². The minimum Gasteiger partial charge on any atom is -0.489 e. The van der Waals surface area contributed by atoms with Crippen LogP contribution in [0.25, 0.3) is 5.69 Å². The number of rotatable bonds is 7. The summed E-state index contributed by atoms with van der Waals surface area (Å²) in [4.78, 5) is 12.3. The topological polar surface area (TPSA) is 79.4 Å². The minimum atomic E-state index is -0.386. The summed E-state index contributed by atoms with van der Waals surface area (Å²) in [7, 11) is 0. The molecule has 2 aromatic heterocycles. The molecule has 7 heteroatoms. The van der Waals surface area contributed by atoms with Crippen molar-refractivity contribution in [3.05, 3.63) is 95.1 Å². The molecule has 0 aliphatic heterocycles. The maximum atomic E-state index is 12.3. The molecular weight excluding hydrogens is 382 g/mol. The average molecular weight is 403 g/mol. The summed E-state index contributed by atoms with van der Waals surface area (Å²) in [6.07, 6.45) is 3.60. The van der Waals surface area contributed by atoms with E-state index >= 15 is 0 Å². The standard InChI is InChI=1S/C23H21N3O4/c1-16-22(17(2)30-25-16)15-28-21-10-6-19(7-11-21)23(27)29-14-18-4-8-20(9-5-18)26-13-3-12-24-26/h3-13H,14-15H2,1-2H3. The van der Waals surface area contributed by atoms with E-state index in [0.29, 0.717) is 17.9 Å². The van der Waals surface area contributed by atoms with E-state index in [-0.39, 0.29) is 12.6 Å². The van der Waals surface area contributed by atoms with Crippen molar-refractivity contribution in [2.24, 2.45) is 0 Å². The van der Waals surface area contributed by atoms with Crippen LogP contribution in [-0.4, -0.2) is 20.9 Å². The van der Waals surface area contributed by atoms with Gasteiger partial charge in [0.2, 0.25) is 0 Å². The zero-order chi connectivity index (χ0) is 20.9. The molecule has 0 bridgehead atoms. The van der Waals surface area contributed by atoms with Crippen LogP contribution >= 0.6 is 0 Å². The molecule has 152 valence electrons. The van der Waals surface area contributed by atoms with Crippen LogP contribution in [0.4, 0.5) is 0 Å². The van der Waals surface area contributed by atoms with Crippen LogP contribution in [0.3, 0.4) is 0 Å². The van der Waals surface area contributed by atoms with Crippen molar-refractivity contribution < 1.29 is 18.8 Å². The van der Waals surface area contributed by atoms with Crippen LogP contribution in [0.15, 0.2) is 71.5 Å². The van der Waals surface area contributed by atoms with Gasteiger partial charge in [-0.1, -0.05) is 17.3 Å². The van der Waals surface area contributed by atoms with Gasteiger partial charge in [0.15, 0.2) is 0 Å². The molecule has 0 amide bonds. The fourth-order valence-corrected chi connectivity index (χ4v) is 2.95. The molecule has 0 aliphatic carbocycles. The largest absolute Gasteiger partial charge is 0.489 e. The van der Waals surface area contributed by atoms with E-state index in [9.17, 15) is 4.79 Å². The van der Waals surface area contributed by atoms with Crippen molar-refractivity contribution >= 4 is 5.97 Å². The number of carbonyl (C=O) groups is 1. The van der Waals surface area contributed by atoms with Crippen LogP contribution in [0.1, 0.15) is 32.9 Å². The number of benzene rings is 2. The number of carbonyl (C=O) groups excluding carboxylic acids is 1. The van der Waals surface area contributed by atoms with Crippen LogP contribution in [0.2, 0.25) is 0 Å². The summed E-state index contributed by atoms with van der Waals surface area (Å²) in [5.74, 6) is 1.01. The number of ether oxygens (including phenoxy) is 2. The van der Waals surface area contributed by atoms with Gasteiger partial charge in [-0.25, -0.2) is 9.48 Å². The molecule has 2 heterocycles. The molecule has 4 rings (SSSR count). The van der Waals surface area contributed by atoms with E-state index in [1.807, 2.05) is 50.4 Å². The Bertz CT molecular complexity index is 1090. The third kappa shape index (κ3) is 4.41. The lowest BCUT2D eigenvalue weighted by atomic mass is 10.2. The Kier molecular flexibility index (Phi) is 5.61. The van der Waals surface area contributed by atoms with Crippen molar-refractivity contribution in [2.45, 2.75) is 27.1 Å². The quantitative estimate of drug-likeness (QED) is 0.425. The lowest BCUT2D eigenvalue weighted by Crippen LogP contribution is -2.05. The van der Waals surface area contributed by atoms with Crippen molar-refractivity contribution in [3.8, 4) is 11.4 Å². The number of esters is 1. The minimum absolute atomic E-state index is 0.197. The Morgan fingerprint density at radius 3 is 2.43 bits per heavy atom. The Morgan fingerprint density at radius 1 is 1.03 bits per heavy atom. The van der Waals surface area contributed by atoms with Gasteiger partial charge in [-0.05, 0) is 61.9 Å². The second-order valence-corrected chi connectivity index (χ2v) is 6.81. The Morgan fingerprint density at radius 2 is 1.80 bits per heavy atom. The Balaban J connectivity index is 1.30. The monoisotopic (exact) mass is 403 g/mol. The van der Waals surface area contributed by atoms with Crippen LogP contribution in [-0.2, 0) is 18.0 Å². The number of hydrogen-bond acceptors (Lipinski definition) is 6. The highest BCUT2D eigenvalue weighted by atomic mass is 16.5. The highest BCUT2D eigenvalue weighted by Crippen LogP contribution is 2.18. The van der Waals surface area contributed by atoms with Gasteiger partial charge in [0.05, 0.1) is 22.5 Å². The SMILES string of the molecule is Cc1noc(C)c1COc1ccc(C(=O)OCc2ccc(-n3cccn3)cc2)cc1. The average Bonchev–Trinajstić information content (AvgIpc) is 3.42. The highest BCUT2D eigenvalue weighted by Gasteiger charge is 2.11. The summed E-state index contributed by atoms with van der Waals surface area (Å²) in [5.41, 5.74) is 4.05. The predicted octanol–water partition coefficient (Wildman–Crippen LogP) is 4.41. The third-order valence-electron chi connectivity index (χ3n) is 4.73. The molecule has 0 N–H and O–H groups in total. The smallest absolute Gasteiger partial charge is 0.338 e. The summed E-state index contributed by atoms with van der Waals surface area (Å²) < 4.78 is 18.1. The Labute approximate surface area is 173 Å². The van der Waals surface area contributed by atoms with E-state index in [2.05, 4.69) is 10.3 Å². The van der Waals surface area contributed by atoms with Crippen molar-refractivity contribution in [2.75, 3.05) is 0 Å². The van der Waals surface area contributed by atoms with E-state index in [0.717, 1.165) is 28.3 Å². The molecule has 0 saturated heterocycles. The van der Waals surface area contributed by atoms with Gasteiger partial charge in [-0.2, -0.15) is 5.10 Å². The summed E-state index contributed by atoms with van der Waals surface area (Å²) in [6, 6.07) is 16.4. The van der Waals surface area contributed by atoms with Crippen LogP contribution in [0, 0.1) is 13.8 Å². The molecule has 0 aliphatic rings. The number of hydrogen-bond donors (Lipinski definition) is 0. The van der Waals surface area contributed by atoms with Crippen molar-refractivity contribution in [1.82, 2.24) is 14.9 Å². The van der Waals surface area contributed by atoms with Gasteiger partial charge < -0.3 is 14.0 Å². The molecule has 0 unspecified atom stereocenters. The molecule has 2 aromatic carbocycles. The van der Waals surface area contributed by atoms with Crippen molar-refractivity contribution in [3.63, 3.8) is 0 Å². The first-order chi connectivity index (χ1) is 14.6. The van der Waals surface area contributed by atoms with Crippen molar-refractivity contribution in [1.29, 1.82) is 0 Å². The second kappa shape index (κ2) is 8.65. The first kappa shape index (κ1) is 19.4. The van der Waals surface area contributed by atoms with E-state index < -0.39 is 0 Å². The summed E-state index contributed by atoms with van der Waals surface area (Å²) in [6.45, 7) is 4.28. The normalized spacial score (nSPS) is 10.7. The number of nitrogens with zero attached hydrogens (tertiary/aromatic N) is 3. The summed E-state index contributed by atoms with van der Waals surface area (Å²) >= 11 is 0. The van der Waals surface area contributed by atoms with E-state index in [1.165, 1.54) is 0 Å². The third-order valence-corrected chi connectivity index (χ3v) is 4.73. The second-order valence-electron chi connectivity index (χ2n) is 6.81. The maximum Gasteiger partial charge on any atom is 0.338 e. The molecule has 30 heavy (non-hydrogen) atoms. The molecule has 0 atom stereocenters. The lowest BCUT2D eigenvalue weighted by molar-refractivity contribution is 0.0472. The molecule has 0 spiro atoms. The first-order valence-electron chi connectivity index (χ1n) is 9.51. The van der Waals surface area contributed by atoms with Gasteiger partial charge in [0.25, 0.3) is 0 Å². The van der Waals surface area contributed by atoms with Gasteiger partial charge in [-0.15, -0.1) is 0 Å². The lowest BCUT2D eigenvalue weighted by Gasteiger charge is -2.08. The highest BCUT2D eigenvalue weighted by molar-refractivity contribution is 5.89. The molecule has 0 saturated carbocycles. The van der Waals surface area contributed by atoms with Gasteiger partial charge in [0, 0.05) is 12.4 Å². The zero-order valence-electron chi connectivity index (χ0n) is 16.7. The van der Waals surface area contributed by atoms with Gasteiger partial charge in [-0.3, -0.25) is 0 Å². The summed E-state index contributed by atoms with van der Waals surface area (Å²) in [5, 5.41) is 8.09. The first-order valence-corrected chi connectivity index (χ1v) is 9.51. The van der Waals surface area contributed by atoms with Crippen LogP contribution < -0.4 is 4.74 Å². The number of aryl methyl sites for hydroxylation is 2. The number of aromatic nitrogens is 3. The fourth-order valence-electron chi connectivity index (χ4n) is 2.95. The Hall–Kier alpha value is -3.87. The molecule has 4 aromatic rings. The van der Waals surface area contributed by atoms with Gasteiger partial charge >= 0.3 is 5.97 Å². The maximum absolute atomic E-state index is 12.3. The van der Waals surface area contributed by atoms with E-state index in [4.69, 9.17) is 14.0 Å².